The second-order valence-electron chi connectivity index (χ2n) is 8.84. The molecule has 1 aromatic heterocycles. The topological polar surface area (TPSA) is 105 Å². The lowest BCUT2D eigenvalue weighted by molar-refractivity contribution is -0.143. The van der Waals surface area contributed by atoms with Crippen LogP contribution in [0.1, 0.15) is 43.5 Å². The normalized spacial score (nSPS) is 14.8. The number of allylic oxidation sites excluding steroid dienone is 1. The first-order chi connectivity index (χ1) is 19.2. The van der Waals surface area contributed by atoms with Gasteiger partial charge in [0.05, 0.1) is 46.6 Å². The molecular formula is C29H29BrN2O7S. The van der Waals surface area contributed by atoms with Crippen molar-refractivity contribution < 1.29 is 28.5 Å². The third kappa shape index (κ3) is 6.05. The molecule has 9 nitrogen and oxygen atoms in total. The van der Waals surface area contributed by atoms with Crippen molar-refractivity contribution in [2.45, 2.75) is 33.7 Å². The summed E-state index contributed by atoms with van der Waals surface area (Å²) in [6, 6.07) is 10.5. The van der Waals surface area contributed by atoms with Gasteiger partial charge in [-0.2, -0.15) is 0 Å². The summed E-state index contributed by atoms with van der Waals surface area (Å²) >= 11 is 4.72. The zero-order valence-corrected chi connectivity index (χ0v) is 25.2. The van der Waals surface area contributed by atoms with Crippen LogP contribution in [-0.4, -0.2) is 43.4 Å². The van der Waals surface area contributed by atoms with Gasteiger partial charge in [-0.25, -0.2) is 14.6 Å². The van der Waals surface area contributed by atoms with E-state index in [1.807, 2.05) is 38.1 Å². The smallest absolute Gasteiger partial charge is 0.343 e. The molecule has 1 atom stereocenters. The lowest BCUT2D eigenvalue weighted by Crippen LogP contribution is -2.39. The monoisotopic (exact) mass is 628 g/mol. The van der Waals surface area contributed by atoms with E-state index < -0.39 is 18.0 Å². The highest BCUT2D eigenvalue weighted by Gasteiger charge is 2.33. The van der Waals surface area contributed by atoms with Crippen LogP contribution in [0.5, 0.6) is 11.5 Å². The van der Waals surface area contributed by atoms with Crippen molar-refractivity contribution in [2.24, 2.45) is 4.99 Å². The summed E-state index contributed by atoms with van der Waals surface area (Å²) in [4.78, 5) is 43.6. The predicted octanol–water partition coefficient (Wildman–Crippen LogP) is 3.82. The van der Waals surface area contributed by atoms with Gasteiger partial charge in [-0.05, 0) is 73.0 Å². The van der Waals surface area contributed by atoms with Crippen LogP contribution in [-0.2, 0) is 19.1 Å². The van der Waals surface area contributed by atoms with E-state index in [0.717, 1.165) is 11.1 Å². The fourth-order valence-electron chi connectivity index (χ4n) is 4.27. The van der Waals surface area contributed by atoms with Crippen molar-refractivity contribution in [3.05, 3.63) is 88.5 Å². The van der Waals surface area contributed by atoms with E-state index in [2.05, 4.69) is 25.7 Å². The zero-order chi connectivity index (χ0) is 29.0. The standard InChI is InChI=1S/C29H29BrN2O7S/c1-6-37-21-13-18(12-20(30)26(21)39-15-23(33)36-5)14-22-27(34)32-25(19-10-8-16(3)9-11-19)24(28(35)38-7-2)17(4)31-29(32)40-22/h8-14,25H,6-7,15H2,1-5H3/b22-14+/t25-/m0/s1. The molecule has 0 saturated heterocycles. The molecule has 3 aromatic rings. The maximum Gasteiger partial charge on any atom is 0.343 e. The largest absolute Gasteiger partial charge is 0.490 e. The van der Waals surface area contributed by atoms with Crippen molar-refractivity contribution in [1.29, 1.82) is 0 Å². The molecule has 0 bridgehead atoms. The average Bonchev–Trinajstić information content (AvgIpc) is 3.22. The minimum Gasteiger partial charge on any atom is -0.490 e. The van der Waals surface area contributed by atoms with Crippen LogP contribution in [0.2, 0.25) is 0 Å². The lowest BCUT2D eigenvalue weighted by Gasteiger charge is -2.24. The first-order valence-corrected chi connectivity index (χ1v) is 14.2. The Morgan fingerprint density at radius 3 is 2.48 bits per heavy atom. The Morgan fingerprint density at radius 2 is 1.82 bits per heavy atom. The Balaban J connectivity index is 1.86. The Labute approximate surface area is 243 Å². The minimum atomic E-state index is -0.683. The summed E-state index contributed by atoms with van der Waals surface area (Å²) < 4.78 is 23.9. The van der Waals surface area contributed by atoms with Crippen LogP contribution in [0.3, 0.4) is 0 Å². The van der Waals surface area contributed by atoms with Gasteiger partial charge in [-0.3, -0.25) is 9.36 Å². The number of benzene rings is 2. The Bertz CT molecular complexity index is 1650. The molecule has 0 amide bonds. The molecule has 40 heavy (non-hydrogen) atoms. The first kappa shape index (κ1) is 29.3. The molecule has 0 spiro atoms. The predicted molar refractivity (Wildman–Crippen MR) is 154 cm³/mol. The summed E-state index contributed by atoms with van der Waals surface area (Å²) in [7, 11) is 1.28. The van der Waals surface area contributed by atoms with E-state index >= 15 is 0 Å². The van der Waals surface area contributed by atoms with Crippen molar-refractivity contribution in [2.75, 3.05) is 26.9 Å². The maximum atomic E-state index is 13.9. The molecule has 2 heterocycles. The van der Waals surface area contributed by atoms with Gasteiger partial charge in [0.15, 0.2) is 22.9 Å². The molecule has 1 aliphatic heterocycles. The van der Waals surface area contributed by atoms with Crippen molar-refractivity contribution in [3.8, 4) is 11.5 Å². The van der Waals surface area contributed by atoms with Crippen LogP contribution < -0.4 is 24.4 Å². The number of rotatable bonds is 9. The van der Waals surface area contributed by atoms with Gasteiger partial charge in [-0.1, -0.05) is 41.2 Å². The number of carbonyl (C=O) groups excluding carboxylic acids is 2. The second kappa shape index (κ2) is 12.6. The van der Waals surface area contributed by atoms with Gasteiger partial charge in [0.1, 0.15) is 0 Å². The van der Waals surface area contributed by atoms with Crippen LogP contribution >= 0.6 is 27.3 Å². The first-order valence-electron chi connectivity index (χ1n) is 12.6. The average molecular weight is 630 g/mol. The van der Waals surface area contributed by atoms with Crippen molar-refractivity contribution in [3.63, 3.8) is 0 Å². The molecule has 0 fully saturated rings. The van der Waals surface area contributed by atoms with Gasteiger partial charge in [0, 0.05) is 0 Å². The molecule has 0 N–H and O–H groups in total. The van der Waals surface area contributed by atoms with Crippen LogP contribution in [0.15, 0.2) is 61.9 Å². The van der Waals surface area contributed by atoms with E-state index in [-0.39, 0.29) is 18.8 Å². The van der Waals surface area contributed by atoms with E-state index in [4.69, 9.17) is 14.2 Å². The number of thiazole rings is 1. The maximum absolute atomic E-state index is 13.9. The highest BCUT2D eigenvalue weighted by Crippen LogP contribution is 2.37. The number of aromatic nitrogens is 1. The molecule has 1 aliphatic rings. The Hall–Kier alpha value is -3.70. The van der Waals surface area contributed by atoms with Crippen LogP contribution in [0.25, 0.3) is 6.08 Å². The molecule has 0 radical (unpaired) electrons. The fourth-order valence-corrected chi connectivity index (χ4v) is 5.89. The fraction of sp³-hybridized carbons (Fsp3) is 0.310. The van der Waals surface area contributed by atoms with Crippen LogP contribution in [0, 0.1) is 6.92 Å². The Kier molecular flexibility index (Phi) is 9.26. The van der Waals surface area contributed by atoms with Gasteiger partial charge in [0.25, 0.3) is 5.56 Å². The number of halogens is 1. The summed E-state index contributed by atoms with van der Waals surface area (Å²) in [5, 5.41) is 0. The molecule has 0 aliphatic carbocycles. The zero-order valence-electron chi connectivity index (χ0n) is 22.8. The molecule has 4 rings (SSSR count). The lowest BCUT2D eigenvalue weighted by atomic mass is 9.95. The highest BCUT2D eigenvalue weighted by atomic mass is 79.9. The summed E-state index contributed by atoms with van der Waals surface area (Å²) in [5.41, 5.74) is 3.06. The quantitative estimate of drug-likeness (QED) is 0.332. The second-order valence-corrected chi connectivity index (χ2v) is 10.7. The number of hydrogen-bond donors (Lipinski definition) is 0. The third-order valence-corrected chi connectivity index (χ3v) is 7.67. The van der Waals surface area contributed by atoms with Gasteiger partial charge < -0.3 is 18.9 Å². The van der Waals surface area contributed by atoms with Crippen molar-refractivity contribution >= 4 is 45.3 Å². The van der Waals surface area contributed by atoms with Crippen molar-refractivity contribution in [1.82, 2.24) is 4.57 Å². The molecule has 210 valence electrons. The molecule has 0 unspecified atom stereocenters. The number of esters is 2. The van der Waals surface area contributed by atoms with Gasteiger partial charge in [-0.15, -0.1) is 0 Å². The van der Waals surface area contributed by atoms with E-state index in [0.29, 0.717) is 48.7 Å². The molecule has 11 heteroatoms. The number of nitrogens with zero attached hydrogens (tertiary/aromatic N) is 2. The Morgan fingerprint density at radius 1 is 1.10 bits per heavy atom. The SMILES string of the molecule is CCOC(=O)C1=C(C)N=c2s/c(=C/c3cc(Br)c(OCC(=O)OC)c(OCC)c3)c(=O)n2[C@H]1c1ccc(C)cc1. The van der Waals surface area contributed by atoms with E-state index in [1.54, 1.807) is 36.6 Å². The molecular weight excluding hydrogens is 600 g/mol. The number of carbonyl (C=O) groups is 2. The number of fused-ring (bicyclic) bond motifs is 1. The summed E-state index contributed by atoms with van der Waals surface area (Å²) in [6.07, 6.45) is 1.73. The number of methoxy groups -OCH3 is 1. The molecule has 0 saturated carbocycles. The van der Waals surface area contributed by atoms with E-state index in [9.17, 15) is 14.4 Å². The van der Waals surface area contributed by atoms with Gasteiger partial charge >= 0.3 is 11.9 Å². The summed E-state index contributed by atoms with van der Waals surface area (Å²) in [5.74, 6) is -0.283. The number of ether oxygens (including phenoxy) is 4. The van der Waals surface area contributed by atoms with E-state index in [1.165, 1.54) is 18.4 Å². The van der Waals surface area contributed by atoms with Gasteiger partial charge in [0.2, 0.25) is 0 Å². The molecule has 2 aromatic carbocycles. The number of aryl methyl sites for hydroxylation is 1. The number of hydrogen-bond acceptors (Lipinski definition) is 9. The summed E-state index contributed by atoms with van der Waals surface area (Å²) in [6.45, 7) is 7.58. The third-order valence-electron chi connectivity index (χ3n) is 6.10. The highest BCUT2D eigenvalue weighted by molar-refractivity contribution is 9.10. The minimum absolute atomic E-state index is 0.205. The van der Waals surface area contributed by atoms with Crippen LogP contribution in [0.4, 0.5) is 0 Å².